The van der Waals surface area contributed by atoms with Gasteiger partial charge in [0, 0.05) is 24.7 Å². The molecule has 0 saturated heterocycles. The Hall–Kier alpha value is -2.76. The average Bonchev–Trinajstić information content (AvgIpc) is 2.72. The third-order valence-corrected chi connectivity index (χ3v) is 4.17. The van der Waals surface area contributed by atoms with Gasteiger partial charge in [0.1, 0.15) is 0 Å². The Morgan fingerprint density at radius 2 is 1.78 bits per heavy atom. The largest absolute Gasteiger partial charge is 0.379 e. The summed E-state index contributed by atoms with van der Waals surface area (Å²) in [6.45, 7) is 4.82. The highest BCUT2D eigenvalue weighted by molar-refractivity contribution is 6.05. The Morgan fingerprint density at radius 1 is 1.00 bits per heavy atom. The summed E-state index contributed by atoms with van der Waals surface area (Å²) in [5, 5.41) is 3.93. The number of nitrogens with one attached hydrogen (secondary N) is 1. The molecule has 140 valence electrons. The second-order valence-electron chi connectivity index (χ2n) is 6.13. The molecule has 0 aliphatic rings. The van der Waals surface area contributed by atoms with Crippen molar-refractivity contribution in [3.8, 4) is 0 Å². The van der Waals surface area contributed by atoms with Crippen LogP contribution in [0.1, 0.15) is 28.4 Å². The van der Waals surface area contributed by atoms with Gasteiger partial charge in [-0.2, -0.15) is 0 Å². The molecule has 2 aromatic carbocycles. The van der Waals surface area contributed by atoms with E-state index in [4.69, 9.17) is 9.47 Å². The standard InChI is InChI=1S/C22H24N2O3/c1-2-26-12-13-27-16-18-7-3-6-17(14-18)15-24-22(25)20-10-4-8-19-9-5-11-23-21(19)20/h3-11,14H,2,12-13,15-16H2,1H3,(H,24,25). The smallest absolute Gasteiger partial charge is 0.253 e. The van der Waals surface area contributed by atoms with Crippen LogP contribution in [-0.4, -0.2) is 30.7 Å². The Kier molecular flexibility index (Phi) is 6.90. The first-order chi connectivity index (χ1) is 13.3. The van der Waals surface area contributed by atoms with Crippen molar-refractivity contribution < 1.29 is 14.3 Å². The lowest BCUT2D eigenvalue weighted by Gasteiger charge is -2.09. The molecule has 1 amide bonds. The predicted molar refractivity (Wildman–Crippen MR) is 106 cm³/mol. The van der Waals surface area contributed by atoms with Crippen molar-refractivity contribution in [3.05, 3.63) is 77.5 Å². The molecule has 1 heterocycles. The van der Waals surface area contributed by atoms with Crippen molar-refractivity contribution in [1.82, 2.24) is 10.3 Å². The van der Waals surface area contributed by atoms with Crippen molar-refractivity contribution >= 4 is 16.8 Å². The molecule has 3 rings (SSSR count). The molecule has 0 spiro atoms. The van der Waals surface area contributed by atoms with Crippen LogP contribution in [0.2, 0.25) is 0 Å². The number of hydrogen-bond acceptors (Lipinski definition) is 4. The van der Waals surface area contributed by atoms with E-state index in [1.165, 1.54) is 0 Å². The molecular formula is C22H24N2O3. The van der Waals surface area contributed by atoms with Gasteiger partial charge >= 0.3 is 0 Å². The number of fused-ring (bicyclic) bond motifs is 1. The molecular weight excluding hydrogens is 340 g/mol. The van der Waals surface area contributed by atoms with Gasteiger partial charge in [0.25, 0.3) is 5.91 Å². The summed E-state index contributed by atoms with van der Waals surface area (Å²) in [6, 6.07) is 17.5. The summed E-state index contributed by atoms with van der Waals surface area (Å²) < 4.78 is 10.9. The Morgan fingerprint density at radius 3 is 2.67 bits per heavy atom. The molecule has 1 N–H and O–H groups in total. The third kappa shape index (κ3) is 5.36. The van der Waals surface area contributed by atoms with Crippen LogP contribution in [0.3, 0.4) is 0 Å². The maximum absolute atomic E-state index is 12.6. The second kappa shape index (κ2) is 9.80. The van der Waals surface area contributed by atoms with Crippen molar-refractivity contribution in [2.75, 3.05) is 19.8 Å². The zero-order valence-corrected chi connectivity index (χ0v) is 15.5. The highest BCUT2D eigenvalue weighted by Crippen LogP contribution is 2.16. The first-order valence-electron chi connectivity index (χ1n) is 9.13. The van der Waals surface area contributed by atoms with Crippen LogP contribution >= 0.6 is 0 Å². The number of amides is 1. The first kappa shape index (κ1) is 19.0. The molecule has 0 aliphatic carbocycles. The molecule has 0 unspecified atom stereocenters. The van der Waals surface area contributed by atoms with E-state index in [0.717, 1.165) is 16.5 Å². The lowest BCUT2D eigenvalue weighted by atomic mass is 10.1. The van der Waals surface area contributed by atoms with Gasteiger partial charge in [0.2, 0.25) is 0 Å². The predicted octanol–water partition coefficient (Wildman–Crippen LogP) is 3.72. The molecule has 3 aromatic rings. The third-order valence-electron chi connectivity index (χ3n) is 4.17. The zero-order valence-electron chi connectivity index (χ0n) is 15.5. The Balaban J connectivity index is 1.58. The summed E-state index contributed by atoms with van der Waals surface area (Å²) in [5.41, 5.74) is 3.41. The van der Waals surface area contributed by atoms with Gasteiger partial charge in [0.15, 0.2) is 0 Å². The fraction of sp³-hybridized carbons (Fsp3) is 0.273. The first-order valence-corrected chi connectivity index (χ1v) is 9.13. The minimum atomic E-state index is -0.127. The number of ether oxygens (including phenoxy) is 2. The van der Waals surface area contributed by atoms with Crippen molar-refractivity contribution in [1.29, 1.82) is 0 Å². The number of carbonyl (C=O) groups excluding carboxylic acids is 1. The summed E-state index contributed by atoms with van der Waals surface area (Å²) in [5.74, 6) is -0.127. The van der Waals surface area contributed by atoms with Crippen molar-refractivity contribution in [3.63, 3.8) is 0 Å². The molecule has 0 fully saturated rings. The molecule has 0 atom stereocenters. The van der Waals surface area contributed by atoms with Crippen LogP contribution in [0, 0.1) is 0 Å². The zero-order chi connectivity index (χ0) is 18.9. The van der Waals surface area contributed by atoms with E-state index in [-0.39, 0.29) is 5.91 Å². The fourth-order valence-electron chi connectivity index (χ4n) is 2.85. The number of para-hydroxylation sites is 1. The number of nitrogens with zero attached hydrogens (tertiary/aromatic N) is 1. The fourth-order valence-corrected chi connectivity index (χ4v) is 2.85. The number of carbonyl (C=O) groups is 1. The van der Waals surface area contributed by atoms with E-state index in [0.29, 0.717) is 44.1 Å². The topological polar surface area (TPSA) is 60.5 Å². The highest BCUT2D eigenvalue weighted by Gasteiger charge is 2.10. The van der Waals surface area contributed by atoms with Crippen molar-refractivity contribution in [2.24, 2.45) is 0 Å². The van der Waals surface area contributed by atoms with E-state index in [9.17, 15) is 4.79 Å². The molecule has 27 heavy (non-hydrogen) atoms. The van der Waals surface area contributed by atoms with Gasteiger partial charge in [-0.05, 0) is 30.2 Å². The van der Waals surface area contributed by atoms with Gasteiger partial charge in [-0.1, -0.05) is 42.5 Å². The normalized spacial score (nSPS) is 10.9. The number of benzene rings is 2. The van der Waals surface area contributed by atoms with Gasteiger partial charge in [-0.15, -0.1) is 0 Å². The molecule has 0 radical (unpaired) electrons. The Bertz CT molecular complexity index is 890. The molecule has 1 aromatic heterocycles. The maximum atomic E-state index is 12.6. The van der Waals surface area contributed by atoms with Crippen LogP contribution in [0.15, 0.2) is 60.8 Å². The summed E-state index contributed by atoms with van der Waals surface area (Å²) in [7, 11) is 0. The minimum Gasteiger partial charge on any atom is -0.379 e. The Labute approximate surface area is 159 Å². The molecule has 0 saturated carbocycles. The van der Waals surface area contributed by atoms with Gasteiger partial charge in [-0.25, -0.2) is 0 Å². The van der Waals surface area contributed by atoms with E-state index in [1.54, 1.807) is 12.3 Å². The molecule has 0 aliphatic heterocycles. The van der Waals surface area contributed by atoms with Crippen LogP contribution in [-0.2, 0) is 22.6 Å². The number of hydrogen-bond donors (Lipinski definition) is 1. The number of rotatable bonds is 9. The van der Waals surface area contributed by atoms with E-state index < -0.39 is 0 Å². The van der Waals surface area contributed by atoms with Crippen LogP contribution in [0.4, 0.5) is 0 Å². The van der Waals surface area contributed by atoms with Crippen molar-refractivity contribution in [2.45, 2.75) is 20.1 Å². The summed E-state index contributed by atoms with van der Waals surface area (Å²) in [4.78, 5) is 16.9. The molecule has 5 nitrogen and oxygen atoms in total. The van der Waals surface area contributed by atoms with E-state index in [1.807, 2.05) is 55.5 Å². The van der Waals surface area contributed by atoms with Gasteiger partial charge in [0.05, 0.1) is 30.9 Å². The van der Waals surface area contributed by atoms with Crippen LogP contribution in [0.5, 0.6) is 0 Å². The average molecular weight is 364 g/mol. The van der Waals surface area contributed by atoms with Gasteiger partial charge in [-0.3, -0.25) is 9.78 Å². The minimum absolute atomic E-state index is 0.127. The monoisotopic (exact) mass is 364 g/mol. The van der Waals surface area contributed by atoms with Gasteiger partial charge < -0.3 is 14.8 Å². The maximum Gasteiger partial charge on any atom is 0.253 e. The molecule has 5 heteroatoms. The summed E-state index contributed by atoms with van der Waals surface area (Å²) >= 11 is 0. The van der Waals surface area contributed by atoms with Crippen LogP contribution in [0.25, 0.3) is 10.9 Å². The number of pyridine rings is 1. The van der Waals surface area contributed by atoms with E-state index >= 15 is 0 Å². The highest BCUT2D eigenvalue weighted by atomic mass is 16.5. The lowest BCUT2D eigenvalue weighted by molar-refractivity contribution is 0.0453. The summed E-state index contributed by atoms with van der Waals surface area (Å²) in [6.07, 6.45) is 1.70. The lowest BCUT2D eigenvalue weighted by Crippen LogP contribution is -2.23. The quantitative estimate of drug-likeness (QED) is 0.588. The molecule has 0 bridgehead atoms. The SMILES string of the molecule is CCOCCOCc1cccc(CNC(=O)c2cccc3cccnc23)c1. The van der Waals surface area contributed by atoms with E-state index in [2.05, 4.69) is 10.3 Å². The van der Waals surface area contributed by atoms with Crippen LogP contribution < -0.4 is 5.32 Å². The number of aromatic nitrogens is 1. The second-order valence-corrected chi connectivity index (χ2v) is 6.13.